The van der Waals surface area contributed by atoms with Crippen molar-refractivity contribution in [3.63, 3.8) is 0 Å². The fourth-order valence-electron chi connectivity index (χ4n) is 2.99. The average molecular weight is 351 g/mol. The summed E-state index contributed by atoms with van der Waals surface area (Å²) in [6.45, 7) is 0. The van der Waals surface area contributed by atoms with Crippen molar-refractivity contribution in [3.8, 4) is 28.6 Å². The third-order valence-electron chi connectivity index (χ3n) is 4.23. The van der Waals surface area contributed by atoms with Crippen LogP contribution in [0.25, 0.3) is 22.8 Å². The summed E-state index contributed by atoms with van der Waals surface area (Å²) in [5, 5.41) is 10.4. The number of hydrogen-bond donors (Lipinski definition) is 1. The van der Waals surface area contributed by atoms with Crippen LogP contribution in [0.15, 0.2) is 47.5 Å². The van der Waals surface area contributed by atoms with E-state index < -0.39 is 6.09 Å². The van der Waals surface area contributed by atoms with Crippen LogP contribution in [-0.4, -0.2) is 32.3 Å². The molecule has 1 aliphatic rings. The quantitative estimate of drug-likeness (QED) is 0.769. The van der Waals surface area contributed by atoms with E-state index in [1.807, 2.05) is 6.07 Å². The number of rotatable bonds is 4. The molecule has 0 atom stereocenters. The molecule has 0 bridgehead atoms. The van der Waals surface area contributed by atoms with Crippen LogP contribution in [0, 0.1) is 0 Å². The minimum atomic E-state index is -0.431. The molecule has 8 heteroatoms. The van der Waals surface area contributed by atoms with E-state index >= 15 is 0 Å². The lowest BCUT2D eigenvalue weighted by Crippen LogP contribution is -2.34. The summed E-state index contributed by atoms with van der Waals surface area (Å²) in [7, 11) is 0. The highest BCUT2D eigenvalue weighted by atomic mass is 16.6. The molecule has 0 unspecified atom stereocenters. The van der Waals surface area contributed by atoms with E-state index in [2.05, 4.69) is 25.5 Å². The van der Waals surface area contributed by atoms with Crippen molar-refractivity contribution in [2.24, 2.45) is 0 Å². The van der Waals surface area contributed by atoms with Crippen LogP contribution in [-0.2, 0) is 0 Å². The second kappa shape index (κ2) is 7.30. The highest BCUT2D eigenvalue weighted by Crippen LogP contribution is 2.24. The van der Waals surface area contributed by atoms with Crippen molar-refractivity contribution in [2.45, 2.75) is 31.7 Å². The number of benzene rings is 1. The van der Waals surface area contributed by atoms with E-state index in [9.17, 15) is 4.79 Å². The summed E-state index contributed by atoms with van der Waals surface area (Å²) < 4.78 is 10.5. The number of nitrogens with zero attached hydrogens (tertiary/aromatic N) is 4. The molecule has 1 saturated carbocycles. The lowest BCUT2D eigenvalue weighted by atomic mass is 10.1. The molecule has 26 heavy (non-hydrogen) atoms. The van der Waals surface area contributed by atoms with Gasteiger partial charge >= 0.3 is 6.09 Å². The molecule has 132 valence electrons. The summed E-state index contributed by atoms with van der Waals surface area (Å²) in [5.41, 5.74) is 1.86. The number of carbonyl (C=O) groups is 1. The summed E-state index contributed by atoms with van der Waals surface area (Å²) in [6, 6.07) is 7.35. The summed E-state index contributed by atoms with van der Waals surface area (Å²) in [5.74, 6) is 0.741. The standard InChI is InChI=1S/C18H17N5O3/c24-18(21-13-5-1-2-6-13)26-14-7-3-4-12(8-14)15-9-19-10-16(22-15)17-23-20-11-25-17/h3-4,7-11,13H,1-2,5-6H2,(H,21,24). The normalized spacial score (nSPS) is 14.3. The number of hydrogen-bond acceptors (Lipinski definition) is 7. The first-order chi connectivity index (χ1) is 12.8. The Balaban J connectivity index is 1.50. The Morgan fingerprint density at radius 1 is 1.19 bits per heavy atom. The molecule has 1 N–H and O–H groups in total. The lowest BCUT2D eigenvalue weighted by molar-refractivity contribution is 0.196. The maximum atomic E-state index is 12.0. The van der Waals surface area contributed by atoms with Gasteiger partial charge in [-0.3, -0.25) is 4.98 Å². The van der Waals surface area contributed by atoms with E-state index in [0.717, 1.165) is 31.2 Å². The molecule has 2 aromatic heterocycles. The highest BCUT2D eigenvalue weighted by molar-refractivity contribution is 5.72. The van der Waals surface area contributed by atoms with Crippen molar-refractivity contribution in [2.75, 3.05) is 0 Å². The van der Waals surface area contributed by atoms with Crippen LogP contribution in [0.1, 0.15) is 25.7 Å². The molecule has 1 fully saturated rings. The first-order valence-corrected chi connectivity index (χ1v) is 8.45. The second-order valence-corrected chi connectivity index (χ2v) is 6.08. The Morgan fingerprint density at radius 3 is 2.85 bits per heavy atom. The Morgan fingerprint density at radius 2 is 2.04 bits per heavy atom. The van der Waals surface area contributed by atoms with Crippen molar-refractivity contribution in [1.29, 1.82) is 0 Å². The molecule has 1 amide bonds. The fourth-order valence-corrected chi connectivity index (χ4v) is 2.99. The average Bonchev–Trinajstić information content (AvgIpc) is 3.36. The highest BCUT2D eigenvalue weighted by Gasteiger charge is 2.18. The SMILES string of the molecule is O=C(NC1CCCC1)Oc1cccc(-c2cncc(-c3nnco3)n2)c1. The van der Waals surface area contributed by atoms with Gasteiger partial charge in [0.25, 0.3) is 5.89 Å². The number of ether oxygens (including phenoxy) is 1. The first-order valence-electron chi connectivity index (χ1n) is 8.45. The topological polar surface area (TPSA) is 103 Å². The molecular formula is C18H17N5O3. The Labute approximate surface area is 149 Å². The third-order valence-corrected chi connectivity index (χ3v) is 4.23. The Kier molecular flexibility index (Phi) is 4.55. The zero-order valence-corrected chi connectivity index (χ0v) is 14.0. The van der Waals surface area contributed by atoms with Crippen LogP contribution in [0.5, 0.6) is 5.75 Å². The summed E-state index contributed by atoms with van der Waals surface area (Å²) >= 11 is 0. The zero-order chi connectivity index (χ0) is 17.8. The predicted octanol–water partition coefficient (Wildman–Crippen LogP) is 3.22. The molecule has 4 rings (SSSR count). The van der Waals surface area contributed by atoms with E-state index in [-0.39, 0.29) is 6.04 Å². The fraction of sp³-hybridized carbons (Fsp3) is 0.278. The largest absolute Gasteiger partial charge is 0.422 e. The smallest absolute Gasteiger partial charge is 0.412 e. The molecule has 1 aliphatic carbocycles. The predicted molar refractivity (Wildman–Crippen MR) is 92.2 cm³/mol. The van der Waals surface area contributed by atoms with Crippen LogP contribution in [0.2, 0.25) is 0 Å². The van der Waals surface area contributed by atoms with Gasteiger partial charge in [-0.2, -0.15) is 0 Å². The van der Waals surface area contributed by atoms with Gasteiger partial charge in [-0.1, -0.05) is 25.0 Å². The van der Waals surface area contributed by atoms with Crippen molar-refractivity contribution < 1.29 is 13.9 Å². The molecule has 0 radical (unpaired) electrons. The number of amides is 1. The van der Waals surface area contributed by atoms with Crippen molar-refractivity contribution >= 4 is 6.09 Å². The molecule has 8 nitrogen and oxygen atoms in total. The molecular weight excluding hydrogens is 334 g/mol. The number of aromatic nitrogens is 4. The number of nitrogens with one attached hydrogen (secondary N) is 1. The molecule has 0 aliphatic heterocycles. The van der Waals surface area contributed by atoms with Crippen molar-refractivity contribution in [3.05, 3.63) is 43.1 Å². The first kappa shape index (κ1) is 16.2. The second-order valence-electron chi connectivity index (χ2n) is 6.08. The van der Waals surface area contributed by atoms with Gasteiger partial charge in [0, 0.05) is 11.6 Å². The molecule has 3 aromatic rings. The van der Waals surface area contributed by atoms with Gasteiger partial charge < -0.3 is 14.5 Å². The number of carbonyl (C=O) groups excluding carboxylic acids is 1. The van der Waals surface area contributed by atoms with E-state index in [4.69, 9.17) is 9.15 Å². The molecule has 0 saturated heterocycles. The van der Waals surface area contributed by atoms with E-state index in [0.29, 0.717) is 23.0 Å². The van der Waals surface area contributed by atoms with Gasteiger partial charge in [0.05, 0.1) is 18.1 Å². The van der Waals surface area contributed by atoms with Gasteiger partial charge in [0.2, 0.25) is 6.39 Å². The minimum absolute atomic E-state index is 0.211. The van der Waals surface area contributed by atoms with Crippen LogP contribution < -0.4 is 10.1 Å². The van der Waals surface area contributed by atoms with E-state index in [1.165, 1.54) is 6.39 Å². The molecule has 0 spiro atoms. The van der Waals surface area contributed by atoms with Gasteiger partial charge in [0.15, 0.2) is 0 Å². The zero-order valence-electron chi connectivity index (χ0n) is 14.0. The van der Waals surface area contributed by atoms with Crippen molar-refractivity contribution in [1.82, 2.24) is 25.5 Å². The minimum Gasteiger partial charge on any atom is -0.422 e. The van der Waals surface area contributed by atoms with Gasteiger partial charge in [-0.25, -0.2) is 9.78 Å². The van der Waals surface area contributed by atoms with Crippen LogP contribution in [0.4, 0.5) is 4.79 Å². The molecule has 1 aromatic carbocycles. The maximum Gasteiger partial charge on any atom is 0.412 e. The maximum absolute atomic E-state index is 12.0. The van der Waals surface area contributed by atoms with Crippen LogP contribution >= 0.6 is 0 Å². The Hall–Kier alpha value is -3.29. The van der Waals surface area contributed by atoms with E-state index in [1.54, 1.807) is 30.6 Å². The summed E-state index contributed by atoms with van der Waals surface area (Å²) in [6.07, 6.45) is 8.29. The molecule has 2 heterocycles. The van der Waals surface area contributed by atoms with Gasteiger partial charge in [-0.15, -0.1) is 10.2 Å². The lowest BCUT2D eigenvalue weighted by Gasteiger charge is -2.12. The monoisotopic (exact) mass is 351 g/mol. The van der Waals surface area contributed by atoms with Gasteiger partial charge in [0.1, 0.15) is 11.4 Å². The Bertz CT molecular complexity index is 891. The third kappa shape index (κ3) is 3.69. The van der Waals surface area contributed by atoms with Gasteiger partial charge in [-0.05, 0) is 25.0 Å². The summed E-state index contributed by atoms with van der Waals surface area (Å²) in [4.78, 5) is 20.7. The van der Waals surface area contributed by atoms with Crippen LogP contribution in [0.3, 0.4) is 0 Å².